The smallest absolute Gasteiger partial charge is 0.0423 e. The fourth-order valence-corrected chi connectivity index (χ4v) is 4.31. The largest absolute Gasteiger partial charge is 0.374 e. The molecule has 2 aromatic rings. The zero-order valence-electron chi connectivity index (χ0n) is 17.3. The molecule has 0 radical (unpaired) electrons. The van der Waals surface area contributed by atoms with E-state index in [1.807, 2.05) is 0 Å². The minimum atomic E-state index is 0.174. The number of aryl methyl sites for hydroxylation is 4. The van der Waals surface area contributed by atoms with E-state index < -0.39 is 0 Å². The highest BCUT2D eigenvalue weighted by atomic mass is 15.1. The predicted molar refractivity (Wildman–Crippen MR) is 112 cm³/mol. The van der Waals surface area contributed by atoms with Gasteiger partial charge in [-0.1, -0.05) is 50.2 Å². The molecule has 2 nitrogen and oxygen atoms in total. The van der Waals surface area contributed by atoms with Crippen LogP contribution in [0, 0.1) is 33.1 Å². The summed E-state index contributed by atoms with van der Waals surface area (Å²) in [4.78, 5) is 4.84. The van der Waals surface area contributed by atoms with Crippen LogP contribution in [0.25, 0.3) is 0 Å². The highest BCUT2D eigenvalue weighted by molar-refractivity contribution is 5.60. The molecule has 0 heterocycles. The highest BCUT2D eigenvalue weighted by Crippen LogP contribution is 2.30. The number of anilines is 2. The third kappa shape index (κ3) is 4.56. The van der Waals surface area contributed by atoms with Gasteiger partial charge >= 0.3 is 0 Å². The molecule has 2 heteroatoms. The lowest BCUT2D eigenvalue weighted by atomic mass is 9.90. The molecule has 0 aliphatic heterocycles. The zero-order valence-corrected chi connectivity index (χ0v) is 17.3. The molecule has 0 fully saturated rings. The van der Waals surface area contributed by atoms with E-state index in [0.717, 1.165) is 13.1 Å². The number of rotatable bonds is 6. The lowest BCUT2D eigenvalue weighted by Crippen LogP contribution is -2.40. The van der Waals surface area contributed by atoms with Gasteiger partial charge in [-0.3, -0.25) is 0 Å². The number of benzene rings is 2. The van der Waals surface area contributed by atoms with Crippen molar-refractivity contribution in [2.24, 2.45) is 5.41 Å². The van der Waals surface area contributed by atoms with Crippen molar-refractivity contribution in [1.29, 1.82) is 0 Å². The summed E-state index contributed by atoms with van der Waals surface area (Å²) in [6.07, 6.45) is 0. The van der Waals surface area contributed by atoms with Crippen molar-refractivity contribution >= 4 is 11.4 Å². The van der Waals surface area contributed by atoms with Gasteiger partial charge in [-0.05, 0) is 55.4 Å². The molecule has 0 unspecified atom stereocenters. The maximum atomic E-state index is 2.42. The number of para-hydroxylation sites is 2. The Balaban J connectivity index is 2.16. The van der Waals surface area contributed by atoms with Gasteiger partial charge in [0.05, 0.1) is 0 Å². The average Bonchev–Trinajstić information content (AvgIpc) is 2.45. The van der Waals surface area contributed by atoms with Crippen molar-refractivity contribution in [3.8, 4) is 0 Å². The molecule has 25 heavy (non-hydrogen) atoms. The van der Waals surface area contributed by atoms with E-state index in [4.69, 9.17) is 0 Å². The van der Waals surface area contributed by atoms with E-state index in [1.165, 1.54) is 33.6 Å². The van der Waals surface area contributed by atoms with Crippen molar-refractivity contribution in [3.63, 3.8) is 0 Å². The second kappa shape index (κ2) is 7.51. The second-order valence-corrected chi connectivity index (χ2v) is 8.36. The van der Waals surface area contributed by atoms with Crippen LogP contribution in [0.5, 0.6) is 0 Å². The van der Waals surface area contributed by atoms with E-state index >= 15 is 0 Å². The molecule has 0 aliphatic rings. The van der Waals surface area contributed by atoms with Gasteiger partial charge in [0.15, 0.2) is 0 Å². The second-order valence-electron chi connectivity index (χ2n) is 8.36. The first kappa shape index (κ1) is 19.4. The molecule has 0 spiro atoms. The molecule has 0 amide bonds. The van der Waals surface area contributed by atoms with Crippen molar-refractivity contribution < 1.29 is 0 Å². The Morgan fingerprint density at radius 1 is 0.640 bits per heavy atom. The number of hydrogen-bond acceptors (Lipinski definition) is 2. The minimum Gasteiger partial charge on any atom is -0.374 e. The Morgan fingerprint density at radius 3 is 1.20 bits per heavy atom. The van der Waals surface area contributed by atoms with E-state index in [1.54, 1.807) is 0 Å². The first-order chi connectivity index (χ1) is 11.6. The summed E-state index contributed by atoms with van der Waals surface area (Å²) < 4.78 is 0. The molecule has 0 aliphatic carbocycles. The van der Waals surface area contributed by atoms with Crippen LogP contribution < -0.4 is 9.80 Å². The third-order valence-electron chi connectivity index (χ3n) is 4.97. The molecule has 0 saturated heterocycles. The van der Waals surface area contributed by atoms with Crippen LogP contribution in [0.4, 0.5) is 11.4 Å². The standard InChI is InChI=1S/C23H34N2/c1-17-11-9-12-18(2)21(17)24(7)15-23(5,6)16-25(8)22-19(3)13-10-14-20(22)4/h9-14H,15-16H2,1-8H3. The normalized spacial score (nSPS) is 11.5. The Morgan fingerprint density at radius 2 is 0.920 bits per heavy atom. The Kier molecular flexibility index (Phi) is 5.82. The van der Waals surface area contributed by atoms with Crippen molar-refractivity contribution in [3.05, 3.63) is 58.7 Å². The summed E-state index contributed by atoms with van der Waals surface area (Å²) in [5, 5.41) is 0. The number of nitrogens with zero attached hydrogens (tertiary/aromatic N) is 2. The van der Waals surface area contributed by atoms with Crippen molar-refractivity contribution in [1.82, 2.24) is 0 Å². The molecule has 0 saturated carbocycles. The lowest BCUT2D eigenvalue weighted by molar-refractivity contribution is 0.377. The monoisotopic (exact) mass is 338 g/mol. The molecule has 0 aromatic heterocycles. The van der Waals surface area contributed by atoms with Crippen LogP contribution in [0.2, 0.25) is 0 Å². The van der Waals surface area contributed by atoms with Crippen LogP contribution in [0.15, 0.2) is 36.4 Å². The van der Waals surface area contributed by atoms with Crippen LogP contribution in [0.1, 0.15) is 36.1 Å². The molecule has 0 bridgehead atoms. The SMILES string of the molecule is Cc1cccc(C)c1N(C)CC(C)(C)CN(C)c1c(C)cccc1C. The maximum absolute atomic E-state index is 2.42. The number of hydrogen-bond donors (Lipinski definition) is 0. The Bertz CT molecular complexity index is 629. The van der Waals surface area contributed by atoms with Gasteiger partial charge in [-0.2, -0.15) is 0 Å². The summed E-state index contributed by atoms with van der Waals surface area (Å²) in [5.41, 5.74) is 8.30. The van der Waals surface area contributed by atoms with Crippen LogP contribution in [-0.2, 0) is 0 Å². The Hall–Kier alpha value is -1.96. The van der Waals surface area contributed by atoms with Gasteiger partial charge in [-0.25, -0.2) is 0 Å². The lowest BCUT2D eigenvalue weighted by Gasteiger charge is -2.37. The predicted octanol–water partition coefficient (Wildman–Crippen LogP) is 5.52. The topological polar surface area (TPSA) is 6.48 Å². The minimum absolute atomic E-state index is 0.174. The van der Waals surface area contributed by atoms with E-state index in [2.05, 4.69) is 102 Å². The van der Waals surface area contributed by atoms with Crippen LogP contribution >= 0.6 is 0 Å². The summed E-state index contributed by atoms with van der Waals surface area (Å²) >= 11 is 0. The van der Waals surface area contributed by atoms with Gasteiger partial charge in [-0.15, -0.1) is 0 Å². The zero-order chi connectivity index (χ0) is 18.8. The first-order valence-corrected chi connectivity index (χ1v) is 9.17. The average molecular weight is 339 g/mol. The molecule has 2 rings (SSSR count). The van der Waals surface area contributed by atoms with Crippen LogP contribution in [0.3, 0.4) is 0 Å². The van der Waals surface area contributed by atoms with Crippen LogP contribution in [-0.4, -0.2) is 27.2 Å². The summed E-state index contributed by atoms with van der Waals surface area (Å²) in [7, 11) is 4.44. The van der Waals surface area contributed by atoms with E-state index in [-0.39, 0.29) is 5.41 Å². The molecule has 136 valence electrons. The summed E-state index contributed by atoms with van der Waals surface area (Å²) in [6, 6.07) is 13.1. The first-order valence-electron chi connectivity index (χ1n) is 9.17. The van der Waals surface area contributed by atoms with E-state index in [0.29, 0.717) is 0 Å². The van der Waals surface area contributed by atoms with Crippen molar-refractivity contribution in [2.45, 2.75) is 41.5 Å². The highest BCUT2D eigenvalue weighted by Gasteiger charge is 2.24. The fourth-order valence-electron chi connectivity index (χ4n) is 4.31. The molecular weight excluding hydrogens is 304 g/mol. The maximum Gasteiger partial charge on any atom is 0.0423 e. The van der Waals surface area contributed by atoms with Gasteiger partial charge < -0.3 is 9.80 Å². The molecule has 2 aromatic carbocycles. The van der Waals surface area contributed by atoms with Gasteiger partial charge in [0.25, 0.3) is 0 Å². The van der Waals surface area contributed by atoms with E-state index in [9.17, 15) is 0 Å². The molecule has 0 atom stereocenters. The fraction of sp³-hybridized carbons (Fsp3) is 0.478. The molecule has 0 N–H and O–H groups in total. The summed E-state index contributed by atoms with van der Waals surface area (Å²) in [6.45, 7) is 15.6. The quantitative estimate of drug-likeness (QED) is 0.684. The van der Waals surface area contributed by atoms with Crippen molar-refractivity contribution in [2.75, 3.05) is 37.0 Å². The third-order valence-corrected chi connectivity index (χ3v) is 4.97. The summed E-state index contributed by atoms with van der Waals surface area (Å²) in [5.74, 6) is 0. The molecular formula is C23H34N2. The van der Waals surface area contributed by atoms with Gasteiger partial charge in [0.2, 0.25) is 0 Å². The van der Waals surface area contributed by atoms with Gasteiger partial charge in [0.1, 0.15) is 0 Å². The Labute approximate surface area is 154 Å². The van der Waals surface area contributed by atoms with Gasteiger partial charge in [0, 0.05) is 38.6 Å².